The lowest BCUT2D eigenvalue weighted by molar-refractivity contribution is -0.145. The Hall–Kier alpha value is -3.66. The molecule has 0 spiro atoms. The predicted molar refractivity (Wildman–Crippen MR) is 123 cm³/mol. The van der Waals surface area contributed by atoms with E-state index in [0.717, 1.165) is 47.0 Å². The van der Waals surface area contributed by atoms with Gasteiger partial charge in [-0.2, -0.15) is 30.6 Å². The zero-order valence-electron chi connectivity index (χ0n) is 20.0. The maximum absolute atomic E-state index is 13.7. The molecule has 1 amide bonds. The number of sulfonamides is 1. The summed E-state index contributed by atoms with van der Waals surface area (Å²) < 4.78 is 120. The Balaban J connectivity index is 1.39. The highest BCUT2D eigenvalue weighted by molar-refractivity contribution is 7.89. The van der Waals surface area contributed by atoms with Crippen LogP contribution < -0.4 is 5.32 Å². The highest BCUT2D eigenvalue weighted by atomic mass is 32.2. The van der Waals surface area contributed by atoms with Crippen LogP contribution in [0.1, 0.15) is 29.8 Å². The van der Waals surface area contributed by atoms with Gasteiger partial charge in [-0.25, -0.2) is 22.8 Å². The summed E-state index contributed by atoms with van der Waals surface area (Å²) >= 11 is 0. The molecule has 1 atom stereocenters. The molecule has 3 aliphatic rings. The molecular formula is C24H18F7N5O3S. The number of carbonyl (C=O) groups is 1. The minimum absolute atomic E-state index is 0.0949. The van der Waals surface area contributed by atoms with E-state index in [4.69, 9.17) is 0 Å². The van der Waals surface area contributed by atoms with Crippen molar-refractivity contribution < 1.29 is 43.9 Å². The molecule has 2 saturated heterocycles. The molecular weight excluding hydrogens is 571 g/mol. The van der Waals surface area contributed by atoms with Crippen molar-refractivity contribution in [2.24, 2.45) is 5.92 Å². The molecule has 4 heterocycles. The molecule has 40 heavy (non-hydrogen) atoms. The van der Waals surface area contributed by atoms with Gasteiger partial charge in [0.1, 0.15) is 11.9 Å². The molecule has 0 unspecified atom stereocenters. The number of hydrogen-bond acceptors (Lipinski definition) is 6. The number of nitrogens with zero attached hydrogens (tertiary/aromatic N) is 4. The first-order valence-corrected chi connectivity index (χ1v) is 13.1. The molecule has 1 N–H and O–H groups in total. The summed E-state index contributed by atoms with van der Waals surface area (Å²) in [5, 5.41) is 2.37. The molecule has 2 aliphatic heterocycles. The van der Waals surface area contributed by atoms with Crippen molar-refractivity contribution in [3.63, 3.8) is 0 Å². The Bertz CT molecular complexity index is 1540. The molecule has 212 valence electrons. The number of amides is 1. The van der Waals surface area contributed by atoms with Gasteiger partial charge in [-0.15, -0.1) is 0 Å². The third-order valence-corrected chi connectivity index (χ3v) is 8.79. The molecule has 2 bridgehead atoms. The number of hydrogen-bond donors (Lipinski definition) is 1. The van der Waals surface area contributed by atoms with E-state index in [0.29, 0.717) is 19.0 Å². The summed E-state index contributed by atoms with van der Waals surface area (Å²) in [7, 11) is -4.21. The summed E-state index contributed by atoms with van der Waals surface area (Å²) in [6, 6.07) is 3.33. The standard InChI is InChI=1S/C24H18F7N5O3S/c25-15-1-3-17(4-2-15)40(38,39)36-16-5-12(6-16)20(36)21(37)33-8-13-7-19(32-11-18(13)23(26,27)28)14-9-34-22(35-10-14)24(29,30)31/h1-4,7,9-12,16,20H,5-6,8H2,(H,33,37)/t12?,16?,20-/m0/s1. The summed E-state index contributed by atoms with van der Waals surface area (Å²) in [6.45, 7) is -0.678. The van der Waals surface area contributed by atoms with E-state index in [1.807, 2.05) is 0 Å². The zero-order chi connectivity index (χ0) is 29.0. The smallest absolute Gasteiger partial charge is 0.351 e. The molecule has 1 saturated carbocycles. The lowest BCUT2D eigenvalue weighted by Crippen LogP contribution is -2.46. The van der Waals surface area contributed by atoms with Crippen molar-refractivity contribution >= 4 is 15.9 Å². The fourth-order valence-corrected chi connectivity index (χ4v) is 6.74. The van der Waals surface area contributed by atoms with Crippen molar-refractivity contribution in [3.8, 4) is 11.3 Å². The maximum Gasteiger partial charge on any atom is 0.451 e. The van der Waals surface area contributed by atoms with Gasteiger partial charge in [-0.1, -0.05) is 0 Å². The highest BCUT2D eigenvalue weighted by Gasteiger charge is 2.58. The zero-order valence-corrected chi connectivity index (χ0v) is 20.9. The lowest BCUT2D eigenvalue weighted by atomic mass is 9.83. The summed E-state index contributed by atoms with van der Waals surface area (Å²) in [4.78, 5) is 22.9. The first-order valence-electron chi connectivity index (χ1n) is 11.7. The Morgan fingerprint density at radius 3 is 2.15 bits per heavy atom. The number of benzene rings is 1. The molecule has 3 aromatic rings. The van der Waals surface area contributed by atoms with E-state index in [1.165, 1.54) is 0 Å². The minimum atomic E-state index is -4.88. The van der Waals surface area contributed by atoms with Gasteiger partial charge < -0.3 is 5.32 Å². The minimum Gasteiger partial charge on any atom is -0.351 e. The van der Waals surface area contributed by atoms with Crippen LogP contribution in [0, 0.1) is 11.7 Å². The van der Waals surface area contributed by atoms with E-state index >= 15 is 0 Å². The van der Waals surface area contributed by atoms with Gasteiger partial charge in [0.25, 0.3) is 0 Å². The van der Waals surface area contributed by atoms with Crippen LogP contribution in [0.2, 0.25) is 0 Å². The molecule has 3 fully saturated rings. The van der Waals surface area contributed by atoms with Gasteiger partial charge in [0.15, 0.2) is 0 Å². The van der Waals surface area contributed by atoms with Gasteiger partial charge in [0, 0.05) is 36.7 Å². The highest BCUT2D eigenvalue weighted by Crippen LogP contribution is 2.48. The summed E-state index contributed by atoms with van der Waals surface area (Å²) in [5.41, 5.74) is -1.92. The molecule has 1 aliphatic carbocycles. The van der Waals surface area contributed by atoms with E-state index in [2.05, 4.69) is 20.3 Å². The monoisotopic (exact) mass is 589 g/mol. The first kappa shape index (κ1) is 27.9. The van der Waals surface area contributed by atoms with Crippen molar-refractivity contribution in [3.05, 3.63) is 71.7 Å². The van der Waals surface area contributed by atoms with E-state index < -0.39 is 69.7 Å². The fourth-order valence-electron chi connectivity index (χ4n) is 4.88. The van der Waals surface area contributed by atoms with Crippen LogP contribution in [0.25, 0.3) is 11.3 Å². The number of nitrogens with one attached hydrogen (secondary N) is 1. The number of carbonyl (C=O) groups excluding carboxylic acids is 1. The second-order valence-corrected chi connectivity index (χ2v) is 11.2. The van der Waals surface area contributed by atoms with Crippen molar-refractivity contribution in [1.82, 2.24) is 24.6 Å². The van der Waals surface area contributed by atoms with Gasteiger partial charge in [0.05, 0.1) is 16.2 Å². The Morgan fingerprint density at radius 2 is 1.57 bits per heavy atom. The van der Waals surface area contributed by atoms with E-state index in [1.54, 1.807) is 0 Å². The van der Waals surface area contributed by atoms with Gasteiger partial charge >= 0.3 is 12.4 Å². The first-order chi connectivity index (χ1) is 18.7. The van der Waals surface area contributed by atoms with Crippen LogP contribution in [0.5, 0.6) is 0 Å². The second-order valence-electron chi connectivity index (χ2n) is 9.35. The normalized spacial score (nSPS) is 21.2. The summed E-state index contributed by atoms with van der Waals surface area (Å²) in [5.74, 6) is -3.26. The van der Waals surface area contributed by atoms with E-state index in [9.17, 15) is 43.9 Å². The Labute approximate surface area is 222 Å². The predicted octanol–water partition coefficient (Wildman–Crippen LogP) is 4.18. The topological polar surface area (TPSA) is 105 Å². The van der Waals surface area contributed by atoms with Crippen molar-refractivity contribution in [2.45, 2.75) is 48.7 Å². The molecule has 0 radical (unpaired) electrons. The number of rotatable bonds is 6. The maximum atomic E-state index is 13.7. The third-order valence-electron chi connectivity index (χ3n) is 6.84. The molecule has 16 heteroatoms. The Kier molecular flexibility index (Phi) is 6.81. The van der Waals surface area contributed by atoms with Crippen LogP contribution in [-0.4, -0.2) is 45.7 Å². The largest absolute Gasteiger partial charge is 0.451 e. The van der Waals surface area contributed by atoms with Crippen LogP contribution >= 0.6 is 0 Å². The number of fused-ring (bicyclic) bond motifs is 1. The number of halogens is 7. The van der Waals surface area contributed by atoms with Gasteiger partial charge in [-0.3, -0.25) is 9.78 Å². The van der Waals surface area contributed by atoms with Crippen LogP contribution in [-0.2, 0) is 33.7 Å². The number of aromatic nitrogens is 3. The molecule has 2 aromatic heterocycles. The summed E-state index contributed by atoms with van der Waals surface area (Å²) in [6.07, 6.45) is -6.92. The lowest BCUT2D eigenvalue weighted by Gasteiger charge is -2.25. The van der Waals surface area contributed by atoms with Crippen LogP contribution in [0.15, 0.2) is 53.8 Å². The SMILES string of the molecule is O=C(NCc1cc(-c2cnc(C(F)(F)F)nc2)ncc1C(F)(F)F)[C@@H]1C2CC(C2)N1S(=O)(=O)c1ccc(F)cc1. The van der Waals surface area contributed by atoms with Gasteiger partial charge in [0.2, 0.25) is 21.8 Å². The molecule has 8 nitrogen and oxygen atoms in total. The second kappa shape index (κ2) is 9.76. The van der Waals surface area contributed by atoms with Gasteiger partial charge in [-0.05, 0) is 54.7 Å². The average molecular weight is 589 g/mol. The number of alkyl halides is 6. The Morgan fingerprint density at radius 1 is 0.950 bits per heavy atom. The molecule has 6 rings (SSSR count). The third kappa shape index (κ3) is 5.12. The van der Waals surface area contributed by atoms with Crippen molar-refractivity contribution in [1.29, 1.82) is 0 Å². The average Bonchev–Trinajstić information content (AvgIpc) is 3.44. The van der Waals surface area contributed by atoms with E-state index in [-0.39, 0.29) is 22.1 Å². The fraction of sp³-hybridized carbons (Fsp3) is 0.333. The van der Waals surface area contributed by atoms with Crippen LogP contribution in [0.3, 0.4) is 0 Å². The quantitative estimate of drug-likeness (QED) is 0.433. The number of pyridine rings is 1. The van der Waals surface area contributed by atoms with Crippen molar-refractivity contribution in [2.75, 3.05) is 0 Å². The van der Waals surface area contributed by atoms with Crippen LogP contribution in [0.4, 0.5) is 30.7 Å². The molecule has 1 aromatic carbocycles.